The lowest BCUT2D eigenvalue weighted by molar-refractivity contribution is -0.132. The number of aliphatic hydroxyl groups is 1. The highest BCUT2D eigenvalue weighted by Crippen LogP contribution is 2.44. The number of anilines is 1. The van der Waals surface area contributed by atoms with Gasteiger partial charge in [0.1, 0.15) is 11.5 Å². The summed E-state index contributed by atoms with van der Waals surface area (Å²) in [7, 11) is 0. The summed E-state index contributed by atoms with van der Waals surface area (Å²) >= 11 is 1.35. The van der Waals surface area contributed by atoms with Crippen LogP contribution in [0.4, 0.5) is 5.13 Å². The molecule has 1 saturated heterocycles. The van der Waals surface area contributed by atoms with Crippen molar-refractivity contribution < 1.29 is 19.4 Å². The van der Waals surface area contributed by atoms with Gasteiger partial charge in [-0.15, -0.1) is 0 Å². The molecule has 39 heavy (non-hydrogen) atoms. The molecule has 1 fully saturated rings. The van der Waals surface area contributed by atoms with Gasteiger partial charge >= 0.3 is 5.91 Å². The van der Waals surface area contributed by atoms with Crippen molar-refractivity contribution in [3.63, 3.8) is 0 Å². The number of aliphatic hydroxyl groups excluding tert-OH is 1. The molecule has 200 valence electrons. The largest absolute Gasteiger partial charge is 0.507 e. The third kappa shape index (κ3) is 5.16. The third-order valence-electron chi connectivity index (χ3n) is 6.58. The van der Waals surface area contributed by atoms with E-state index in [0.717, 1.165) is 15.8 Å². The average molecular weight is 542 g/mol. The molecule has 1 aliphatic rings. The van der Waals surface area contributed by atoms with Crippen molar-refractivity contribution in [2.45, 2.75) is 46.1 Å². The summed E-state index contributed by atoms with van der Waals surface area (Å²) in [6, 6.07) is 15.6. The lowest BCUT2D eigenvalue weighted by Crippen LogP contribution is -2.29. The number of carbonyl (C=O) groups excluding carboxylic acids is 2. The first kappa shape index (κ1) is 26.6. The second-order valence-corrected chi connectivity index (χ2v) is 12.1. The summed E-state index contributed by atoms with van der Waals surface area (Å²) in [6.07, 6.45) is 3.22. The van der Waals surface area contributed by atoms with Crippen LogP contribution in [0.5, 0.6) is 5.75 Å². The van der Waals surface area contributed by atoms with E-state index in [2.05, 4.69) is 31.8 Å². The van der Waals surface area contributed by atoms with Crippen molar-refractivity contribution in [1.82, 2.24) is 9.97 Å². The number of hydrogen-bond acceptors (Lipinski definition) is 7. The lowest BCUT2D eigenvalue weighted by Gasteiger charge is -2.22. The van der Waals surface area contributed by atoms with Crippen molar-refractivity contribution in [2.75, 3.05) is 11.5 Å². The zero-order chi connectivity index (χ0) is 27.9. The van der Waals surface area contributed by atoms with Gasteiger partial charge in [0.05, 0.1) is 28.4 Å². The minimum absolute atomic E-state index is 0.0105. The van der Waals surface area contributed by atoms with Gasteiger partial charge in [-0.1, -0.05) is 70.2 Å². The van der Waals surface area contributed by atoms with E-state index in [1.165, 1.54) is 16.2 Å². The Morgan fingerprint density at radius 3 is 2.59 bits per heavy atom. The van der Waals surface area contributed by atoms with Crippen LogP contribution in [0.15, 0.2) is 72.6 Å². The number of thiazole rings is 1. The summed E-state index contributed by atoms with van der Waals surface area (Å²) < 4.78 is 6.74. The number of ether oxygens (including phenoxy) is 1. The monoisotopic (exact) mass is 541 g/mol. The van der Waals surface area contributed by atoms with Crippen molar-refractivity contribution in [3.8, 4) is 5.75 Å². The highest BCUT2D eigenvalue weighted by atomic mass is 32.1. The van der Waals surface area contributed by atoms with Crippen LogP contribution in [-0.4, -0.2) is 33.4 Å². The summed E-state index contributed by atoms with van der Waals surface area (Å²) in [5, 5.41) is 11.8. The second-order valence-electron chi connectivity index (χ2n) is 11.1. The number of amides is 1. The van der Waals surface area contributed by atoms with E-state index in [4.69, 9.17) is 9.72 Å². The summed E-state index contributed by atoms with van der Waals surface area (Å²) in [6.45, 7) is 11.0. The fraction of sp³-hybridized carbons (Fsp3) is 0.290. The number of carbonyl (C=O) groups is 2. The predicted molar refractivity (Wildman–Crippen MR) is 154 cm³/mol. The quantitative estimate of drug-likeness (QED) is 0.167. The summed E-state index contributed by atoms with van der Waals surface area (Å²) in [5.41, 5.74) is 2.82. The smallest absolute Gasteiger partial charge is 0.301 e. The predicted octanol–water partition coefficient (Wildman–Crippen LogP) is 6.65. The zero-order valence-electron chi connectivity index (χ0n) is 22.6. The number of hydrogen-bond donors (Lipinski definition) is 1. The summed E-state index contributed by atoms with van der Waals surface area (Å²) in [4.78, 5) is 37.4. The van der Waals surface area contributed by atoms with Gasteiger partial charge in [0.2, 0.25) is 0 Å². The Morgan fingerprint density at radius 1 is 1.10 bits per heavy atom. The molecule has 5 rings (SSSR count). The molecule has 8 heteroatoms. The molecule has 3 heterocycles. The van der Waals surface area contributed by atoms with Crippen LogP contribution in [0.3, 0.4) is 0 Å². The lowest BCUT2D eigenvalue weighted by atomic mass is 9.87. The van der Waals surface area contributed by atoms with Crippen LogP contribution in [0.25, 0.3) is 16.0 Å². The fourth-order valence-electron chi connectivity index (χ4n) is 4.52. The number of rotatable bonds is 6. The maximum Gasteiger partial charge on any atom is 0.301 e. The Kier molecular flexibility index (Phi) is 6.99. The van der Waals surface area contributed by atoms with Gasteiger partial charge in [-0.25, -0.2) is 4.98 Å². The molecule has 1 N–H and O–H groups in total. The SMILES string of the molecule is CC(C)COc1cccc(/C(O)=C2\C(=O)C(=O)N(c3nc4ccc(C(C)(C)C)cc4s3)C2c2cccnc2)c1. The van der Waals surface area contributed by atoms with Gasteiger partial charge in [-0.2, -0.15) is 0 Å². The van der Waals surface area contributed by atoms with E-state index in [1.54, 1.807) is 48.8 Å². The summed E-state index contributed by atoms with van der Waals surface area (Å²) in [5.74, 6) is -0.889. The van der Waals surface area contributed by atoms with Crippen molar-refractivity contribution in [2.24, 2.45) is 5.92 Å². The Labute approximate surface area is 231 Å². The molecule has 0 spiro atoms. The first-order chi connectivity index (χ1) is 18.5. The van der Waals surface area contributed by atoms with E-state index in [0.29, 0.717) is 34.5 Å². The third-order valence-corrected chi connectivity index (χ3v) is 7.60. The van der Waals surface area contributed by atoms with Gasteiger partial charge in [-0.05, 0) is 52.8 Å². The van der Waals surface area contributed by atoms with E-state index in [9.17, 15) is 14.7 Å². The molecule has 1 amide bonds. The fourth-order valence-corrected chi connectivity index (χ4v) is 5.55. The Balaban J connectivity index is 1.64. The van der Waals surface area contributed by atoms with E-state index in [-0.39, 0.29) is 16.7 Å². The molecule has 0 radical (unpaired) electrons. The van der Waals surface area contributed by atoms with Gasteiger partial charge in [0, 0.05) is 18.0 Å². The standard InChI is InChI=1S/C31H31N3O4S/c1-18(2)17-38-22-10-6-8-19(14-22)27(35)25-26(20-9-7-13-32-16-20)34(29(37)28(25)36)30-33-23-12-11-21(31(3,4)5)15-24(23)39-30/h6-16,18,26,35H,17H2,1-5H3/b27-25+. The first-order valence-corrected chi connectivity index (χ1v) is 13.7. The maximum absolute atomic E-state index is 13.5. The minimum Gasteiger partial charge on any atom is -0.507 e. The Hall–Kier alpha value is -4.04. The minimum atomic E-state index is -0.887. The van der Waals surface area contributed by atoms with Crippen LogP contribution in [0, 0.1) is 5.92 Å². The molecule has 1 aliphatic heterocycles. The molecule has 1 unspecified atom stereocenters. The molecular weight excluding hydrogens is 510 g/mol. The van der Waals surface area contributed by atoms with Crippen LogP contribution < -0.4 is 9.64 Å². The zero-order valence-corrected chi connectivity index (χ0v) is 23.5. The number of fused-ring (bicyclic) bond motifs is 1. The molecule has 1 atom stereocenters. The van der Waals surface area contributed by atoms with Crippen molar-refractivity contribution in [3.05, 3.63) is 89.3 Å². The van der Waals surface area contributed by atoms with Crippen LogP contribution in [-0.2, 0) is 15.0 Å². The number of benzene rings is 2. The van der Waals surface area contributed by atoms with Crippen LogP contribution >= 0.6 is 11.3 Å². The normalized spacial score (nSPS) is 17.4. The topological polar surface area (TPSA) is 92.6 Å². The van der Waals surface area contributed by atoms with Gasteiger partial charge in [0.15, 0.2) is 5.13 Å². The number of nitrogens with zero attached hydrogens (tertiary/aromatic N) is 3. The molecule has 0 bridgehead atoms. The highest BCUT2D eigenvalue weighted by Gasteiger charge is 2.48. The van der Waals surface area contributed by atoms with E-state index < -0.39 is 17.7 Å². The van der Waals surface area contributed by atoms with Crippen molar-refractivity contribution >= 4 is 44.1 Å². The average Bonchev–Trinajstić information content (AvgIpc) is 3.45. The molecule has 7 nitrogen and oxygen atoms in total. The van der Waals surface area contributed by atoms with E-state index >= 15 is 0 Å². The Bertz CT molecular complexity index is 1580. The molecule has 0 aliphatic carbocycles. The van der Waals surface area contributed by atoms with E-state index in [1.807, 2.05) is 26.0 Å². The number of Topliss-reactive ketones (excluding diaryl/α,β-unsaturated/α-hetero) is 1. The van der Waals surface area contributed by atoms with Gasteiger partial charge < -0.3 is 9.84 Å². The highest BCUT2D eigenvalue weighted by molar-refractivity contribution is 7.22. The molecule has 0 saturated carbocycles. The second kappa shape index (κ2) is 10.3. The molecule has 4 aromatic rings. The maximum atomic E-state index is 13.5. The van der Waals surface area contributed by atoms with Crippen LogP contribution in [0.2, 0.25) is 0 Å². The molecular formula is C31H31N3O4S. The molecule has 2 aromatic carbocycles. The van der Waals surface area contributed by atoms with Gasteiger partial charge in [0.25, 0.3) is 5.78 Å². The first-order valence-electron chi connectivity index (χ1n) is 12.9. The number of ketones is 1. The van der Waals surface area contributed by atoms with Crippen LogP contribution in [0.1, 0.15) is 57.4 Å². The Morgan fingerprint density at radius 2 is 1.90 bits per heavy atom. The number of pyridine rings is 1. The van der Waals surface area contributed by atoms with Gasteiger partial charge in [-0.3, -0.25) is 19.5 Å². The molecule has 2 aromatic heterocycles. The van der Waals surface area contributed by atoms with Crippen molar-refractivity contribution in [1.29, 1.82) is 0 Å². The number of aromatic nitrogens is 2.